The van der Waals surface area contributed by atoms with Crippen LogP contribution in [-0.2, 0) is 11.3 Å². The Morgan fingerprint density at radius 3 is 2.90 bits per heavy atom. The first-order valence-corrected chi connectivity index (χ1v) is 7.41. The maximum atomic E-state index is 11.7. The third-order valence-electron chi connectivity index (χ3n) is 3.58. The molecule has 0 radical (unpaired) electrons. The Morgan fingerprint density at radius 2 is 2.20 bits per heavy atom. The smallest absolute Gasteiger partial charge is 0.239 e. The lowest BCUT2D eigenvalue weighted by molar-refractivity contribution is -0.119. The number of aryl methyl sites for hydroxylation is 1. The molecule has 1 heterocycles. The molecule has 4 nitrogen and oxygen atoms in total. The average Bonchev–Trinajstić information content (AvgIpc) is 2.61. The summed E-state index contributed by atoms with van der Waals surface area (Å²) in [6.45, 7) is 9.49. The molecule has 4 heteroatoms. The van der Waals surface area contributed by atoms with Gasteiger partial charge in [0, 0.05) is 31.4 Å². The molecular formula is C16H25N3O. The first-order chi connectivity index (χ1) is 9.56. The molecule has 1 aliphatic heterocycles. The molecule has 0 atom stereocenters. The number of hydrogen-bond acceptors (Lipinski definition) is 3. The number of hydrogen-bond donors (Lipinski definition) is 2. The van der Waals surface area contributed by atoms with E-state index in [1.54, 1.807) is 0 Å². The summed E-state index contributed by atoms with van der Waals surface area (Å²) in [5.41, 5.74) is 3.71. The van der Waals surface area contributed by atoms with Gasteiger partial charge in [-0.15, -0.1) is 0 Å². The predicted molar refractivity (Wildman–Crippen MR) is 83.0 cm³/mol. The molecule has 0 aliphatic carbocycles. The van der Waals surface area contributed by atoms with E-state index in [1.165, 1.54) is 16.8 Å². The molecule has 110 valence electrons. The van der Waals surface area contributed by atoms with E-state index >= 15 is 0 Å². The van der Waals surface area contributed by atoms with Crippen LogP contribution in [0.5, 0.6) is 0 Å². The summed E-state index contributed by atoms with van der Waals surface area (Å²) in [7, 11) is 0. The van der Waals surface area contributed by atoms with Gasteiger partial charge in [0.1, 0.15) is 0 Å². The van der Waals surface area contributed by atoms with Gasteiger partial charge in [-0.25, -0.2) is 0 Å². The van der Waals surface area contributed by atoms with E-state index in [2.05, 4.69) is 54.5 Å². The normalized spacial score (nSPS) is 16.2. The fourth-order valence-corrected chi connectivity index (χ4v) is 2.52. The highest BCUT2D eigenvalue weighted by Crippen LogP contribution is 2.22. The largest absolute Gasteiger partial charge is 0.362 e. The van der Waals surface area contributed by atoms with Gasteiger partial charge >= 0.3 is 0 Å². The molecule has 0 aromatic heterocycles. The number of benzene rings is 1. The van der Waals surface area contributed by atoms with E-state index in [-0.39, 0.29) is 5.91 Å². The van der Waals surface area contributed by atoms with E-state index in [9.17, 15) is 4.79 Å². The summed E-state index contributed by atoms with van der Waals surface area (Å²) in [4.78, 5) is 13.8. The topological polar surface area (TPSA) is 44.4 Å². The number of nitrogens with one attached hydrogen (secondary N) is 2. The van der Waals surface area contributed by atoms with E-state index in [4.69, 9.17) is 0 Å². The Morgan fingerprint density at radius 1 is 1.40 bits per heavy atom. The fourth-order valence-electron chi connectivity index (χ4n) is 2.52. The molecule has 1 amide bonds. The lowest BCUT2D eigenvalue weighted by atomic mass is 10.1. The van der Waals surface area contributed by atoms with Crippen LogP contribution in [0.15, 0.2) is 18.2 Å². The zero-order chi connectivity index (χ0) is 14.5. The average molecular weight is 275 g/mol. The molecule has 0 unspecified atom stereocenters. The highest BCUT2D eigenvalue weighted by molar-refractivity contribution is 5.82. The summed E-state index contributed by atoms with van der Waals surface area (Å²) in [5.74, 6) is 0.118. The SMILES string of the molecule is Cc1cc(CNC(C)C)ccc1N1CCCNC(=O)C1. The van der Waals surface area contributed by atoms with Crippen LogP contribution < -0.4 is 15.5 Å². The zero-order valence-corrected chi connectivity index (χ0v) is 12.7. The van der Waals surface area contributed by atoms with Crippen LogP contribution in [-0.4, -0.2) is 31.6 Å². The quantitative estimate of drug-likeness (QED) is 0.881. The van der Waals surface area contributed by atoms with Crippen molar-refractivity contribution in [2.75, 3.05) is 24.5 Å². The Labute approximate surface area is 121 Å². The molecule has 2 rings (SSSR count). The number of rotatable bonds is 4. The van der Waals surface area contributed by atoms with Crippen LogP contribution in [0.1, 0.15) is 31.4 Å². The van der Waals surface area contributed by atoms with Crippen molar-refractivity contribution in [3.05, 3.63) is 29.3 Å². The number of carbonyl (C=O) groups is 1. The van der Waals surface area contributed by atoms with Crippen molar-refractivity contribution in [1.29, 1.82) is 0 Å². The second-order valence-corrected chi connectivity index (χ2v) is 5.78. The third kappa shape index (κ3) is 3.97. The van der Waals surface area contributed by atoms with Gasteiger partial charge in [-0.05, 0) is 30.5 Å². The number of anilines is 1. The van der Waals surface area contributed by atoms with Crippen molar-refractivity contribution in [3.63, 3.8) is 0 Å². The molecule has 20 heavy (non-hydrogen) atoms. The number of amides is 1. The van der Waals surface area contributed by atoms with Gasteiger partial charge in [0.05, 0.1) is 6.54 Å². The van der Waals surface area contributed by atoms with Crippen molar-refractivity contribution < 1.29 is 4.79 Å². The second-order valence-electron chi connectivity index (χ2n) is 5.78. The van der Waals surface area contributed by atoms with E-state index in [1.807, 2.05) is 0 Å². The van der Waals surface area contributed by atoms with Gasteiger partial charge in [-0.2, -0.15) is 0 Å². The fraction of sp³-hybridized carbons (Fsp3) is 0.562. The van der Waals surface area contributed by atoms with E-state index < -0.39 is 0 Å². The maximum absolute atomic E-state index is 11.7. The van der Waals surface area contributed by atoms with Crippen molar-refractivity contribution in [3.8, 4) is 0 Å². The van der Waals surface area contributed by atoms with Crippen molar-refractivity contribution in [2.24, 2.45) is 0 Å². The standard InChI is InChI=1S/C16H25N3O/c1-12(2)18-10-14-5-6-15(13(3)9-14)19-8-4-7-17-16(20)11-19/h5-6,9,12,18H,4,7-8,10-11H2,1-3H3,(H,17,20). The number of carbonyl (C=O) groups excluding carboxylic acids is 1. The summed E-state index contributed by atoms with van der Waals surface area (Å²) in [6.07, 6.45) is 1.00. The number of nitrogens with zero attached hydrogens (tertiary/aromatic N) is 1. The minimum absolute atomic E-state index is 0.118. The monoisotopic (exact) mass is 275 g/mol. The highest BCUT2D eigenvalue weighted by atomic mass is 16.2. The van der Waals surface area contributed by atoms with Gasteiger partial charge in [0.15, 0.2) is 0 Å². The van der Waals surface area contributed by atoms with Crippen molar-refractivity contribution in [2.45, 2.75) is 39.8 Å². The van der Waals surface area contributed by atoms with E-state index in [0.717, 1.165) is 26.1 Å². The zero-order valence-electron chi connectivity index (χ0n) is 12.7. The van der Waals surface area contributed by atoms with Gasteiger partial charge in [0.2, 0.25) is 5.91 Å². The predicted octanol–water partition coefficient (Wildman–Crippen LogP) is 1.82. The van der Waals surface area contributed by atoms with Gasteiger partial charge in [-0.1, -0.05) is 26.0 Å². The first kappa shape index (κ1) is 14.9. The summed E-state index contributed by atoms with van der Waals surface area (Å²) in [5, 5.41) is 6.34. The van der Waals surface area contributed by atoms with Crippen LogP contribution in [0.3, 0.4) is 0 Å². The molecule has 0 spiro atoms. The van der Waals surface area contributed by atoms with Crippen LogP contribution in [0.2, 0.25) is 0 Å². The van der Waals surface area contributed by atoms with Crippen LogP contribution >= 0.6 is 0 Å². The maximum Gasteiger partial charge on any atom is 0.239 e. The van der Waals surface area contributed by atoms with Gasteiger partial charge in [0.25, 0.3) is 0 Å². The first-order valence-electron chi connectivity index (χ1n) is 7.41. The minimum Gasteiger partial charge on any atom is -0.362 e. The Bertz CT molecular complexity index is 471. The molecule has 1 aliphatic rings. The molecular weight excluding hydrogens is 250 g/mol. The summed E-state index contributed by atoms with van der Waals surface area (Å²) >= 11 is 0. The van der Waals surface area contributed by atoms with Crippen molar-refractivity contribution in [1.82, 2.24) is 10.6 Å². The Kier molecular flexibility index (Phi) is 5.01. The highest BCUT2D eigenvalue weighted by Gasteiger charge is 2.16. The van der Waals surface area contributed by atoms with Crippen LogP contribution in [0.25, 0.3) is 0 Å². The molecule has 1 saturated heterocycles. The Hall–Kier alpha value is -1.55. The molecule has 0 bridgehead atoms. The summed E-state index contributed by atoms with van der Waals surface area (Å²) in [6, 6.07) is 7.00. The third-order valence-corrected chi connectivity index (χ3v) is 3.58. The molecule has 1 fully saturated rings. The molecule has 1 aromatic rings. The minimum atomic E-state index is 0.118. The van der Waals surface area contributed by atoms with Gasteiger partial charge < -0.3 is 15.5 Å². The van der Waals surface area contributed by atoms with Crippen molar-refractivity contribution >= 4 is 11.6 Å². The lowest BCUT2D eigenvalue weighted by Crippen LogP contribution is -2.33. The van der Waals surface area contributed by atoms with Crippen LogP contribution in [0.4, 0.5) is 5.69 Å². The summed E-state index contributed by atoms with van der Waals surface area (Å²) < 4.78 is 0. The Balaban J connectivity index is 2.10. The molecule has 1 aromatic carbocycles. The second kappa shape index (κ2) is 6.75. The van der Waals surface area contributed by atoms with Gasteiger partial charge in [-0.3, -0.25) is 4.79 Å². The molecule has 0 saturated carbocycles. The van der Waals surface area contributed by atoms with Crippen LogP contribution in [0, 0.1) is 6.92 Å². The van der Waals surface area contributed by atoms with E-state index in [0.29, 0.717) is 12.6 Å². The lowest BCUT2D eigenvalue weighted by Gasteiger charge is -2.24. The molecule has 2 N–H and O–H groups in total.